The third-order valence-corrected chi connectivity index (χ3v) is 7.08. The number of nitrogens with zero attached hydrogens (tertiary/aromatic N) is 2. The van der Waals surface area contributed by atoms with E-state index in [2.05, 4.69) is 10.2 Å². The number of benzene rings is 1. The molecule has 1 amide bonds. The third kappa shape index (κ3) is 4.49. The molecule has 2 bridgehead atoms. The lowest BCUT2D eigenvalue weighted by Gasteiger charge is -2.43. The number of carbonyl (C=O) groups excluding carboxylic acids is 1. The van der Waals surface area contributed by atoms with Crippen LogP contribution in [0.15, 0.2) is 41.2 Å². The normalized spacial score (nSPS) is 20.1. The number of hydrogen-bond donors (Lipinski definition) is 1. The van der Waals surface area contributed by atoms with E-state index in [1.807, 2.05) is 16.7 Å². The molecule has 1 N–H and O–H groups in total. The molecule has 0 unspecified atom stereocenters. The molecule has 0 radical (unpaired) electrons. The summed E-state index contributed by atoms with van der Waals surface area (Å²) in [6, 6.07) is 9.49. The van der Waals surface area contributed by atoms with Gasteiger partial charge in [0.2, 0.25) is 5.91 Å². The Morgan fingerprint density at radius 1 is 1.28 bits per heavy atom. The molecule has 1 aromatic heterocycles. The van der Waals surface area contributed by atoms with Crippen molar-refractivity contribution in [3.63, 3.8) is 0 Å². The van der Waals surface area contributed by atoms with Crippen molar-refractivity contribution in [2.24, 2.45) is 5.92 Å². The fraction of sp³-hybridized carbons (Fsp3) is 0.350. The zero-order valence-corrected chi connectivity index (χ0v) is 17.8. The number of pyridine rings is 1. The van der Waals surface area contributed by atoms with Gasteiger partial charge in [0, 0.05) is 43.0 Å². The van der Waals surface area contributed by atoms with Crippen LogP contribution in [0.3, 0.4) is 0 Å². The monoisotopic (exact) mass is 451 g/mol. The number of halogens is 2. The van der Waals surface area contributed by atoms with Crippen LogP contribution in [0.4, 0.5) is 10.1 Å². The minimum absolute atomic E-state index is 0.0368. The van der Waals surface area contributed by atoms with Crippen LogP contribution in [-0.2, 0) is 11.3 Å². The fourth-order valence-electron chi connectivity index (χ4n) is 4.04. The Kier molecular flexibility index (Phi) is 5.94. The van der Waals surface area contributed by atoms with Gasteiger partial charge in [-0.05, 0) is 36.6 Å². The molecule has 9 heteroatoms. The zero-order chi connectivity index (χ0) is 20.5. The van der Waals surface area contributed by atoms with Gasteiger partial charge in [-0.1, -0.05) is 41.6 Å². The van der Waals surface area contributed by atoms with E-state index < -0.39 is 5.82 Å². The number of fused-ring (bicyclic) bond motifs is 4. The highest BCUT2D eigenvalue weighted by Crippen LogP contribution is 2.36. The summed E-state index contributed by atoms with van der Waals surface area (Å²) < 4.78 is 15.8. The first-order chi connectivity index (χ1) is 13.9. The molecule has 1 saturated heterocycles. The number of anilines is 1. The van der Waals surface area contributed by atoms with Gasteiger partial charge in [0.05, 0.1) is 10.8 Å². The van der Waals surface area contributed by atoms with E-state index in [0.717, 1.165) is 25.2 Å². The second-order valence-corrected chi connectivity index (χ2v) is 9.35. The maximum atomic E-state index is 13.2. The first-order valence-corrected chi connectivity index (χ1v) is 11.0. The van der Waals surface area contributed by atoms with Crippen molar-refractivity contribution in [3.8, 4) is 0 Å². The number of piperidine rings is 1. The van der Waals surface area contributed by atoms with Crippen molar-refractivity contribution >= 4 is 51.5 Å². The van der Waals surface area contributed by atoms with E-state index in [0.29, 0.717) is 22.5 Å². The Balaban J connectivity index is 1.34. The molecule has 3 heterocycles. The summed E-state index contributed by atoms with van der Waals surface area (Å²) >= 11 is 12.6. The Morgan fingerprint density at radius 2 is 2.10 bits per heavy atom. The van der Waals surface area contributed by atoms with Crippen molar-refractivity contribution in [2.45, 2.75) is 18.9 Å². The van der Waals surface area contributed by atoms with Crippen LogP contribution >= 0.6 is 35.6 Å². The molecule has 1 aromatic carbocycles. The second kappa shape index (κ2) is 8.45. The van der Waals surface area contributed by atoms with Gasteiger partial charge < -0.3 is 14.8 Å². The zero-order valence-electron chi connectivity index (χ0n) is 15.4. The van der Waals surface area contributed by atoms with Crippen LogP contribution in [0, 0.1) is 11.7 Å². The van der Waals surface area contributed by atoms with Gasteiger partial charge >= 0.3 is 0 Å². The quantitative estimate of drug-likeness (QED) is 0.721. The standard InChI is InChI=1S/C20H19ClFN3O2S2/c21-15-7-14(4-5-16(15)22)23-18(26)11-29-20(28)24-8-12-6-13(10-24)17-2-1-3-19(27)25(17)9-12/h1-5,7,12-13H,6,8-11H2,(H,23,26)/t12-,13+/m1/s1. The maximum Gasteiger partial charge on any atom is 0.250 e. The summed E-state index contributed by atoms with van der Waals surface area (Å²) in [6.07, 6.45) is 1.05. The van der Waals surface area contributed by atoms with E-state index >= 15 is 0 Å². The van der Waals surface area contributed by atoms with Crippen molar-refractivity contribution in [2.75, 3.05) is 24.2 Å². The smallest absolute Gasteiger partial charge is 0.250 e. The number of hydrogen-bond acceptors (Lipinski definition) is 4. The van der Waals surface area contributed by atoms with Gasteiger partial charge in [0.15, 0.2) is 0 Å². The summed E-state index contributed by atoms with van der Waals surface area (Å²) in [5.41, 5.74) is 1.57. The minimum Gasteiger partial charge on any atom is -0.356 e. The average molecular weight is 452 g/mol. The van der Waals surface area contributed by atoms with Crippen molar-refractivity contribution < 1.29 is 9.18 Å². The van der Waals surface area contributed by atoms with Gasteiger partial charge in [-0.25, -0.2) is 4.39 Å². The second-order valence-electron chi connectivity index (χ2n) is 7.33. The molecular formula is C20H19ClFN3O2S2. The number of thioether (sulfide) groups is 1. The van der Waals surface area contributed by atoms with E-state index in [-0.39, 0.29) is 28.2 Å². The fourth-order valence-corrected chi connectivity index (χ4v) is 5.20. The lowest BCUT2D eigenvalue weighted by molar-refractivity contribution is -0.113. The summed E-state index contributed by atoms with van der Waals surface area (Å²) in [5, 5.41) is 2.66. The molecule has 29 heavy (non-hydrogen) atoms. The lowest BCUT2D eigenvalue weighted by Crippen LogP contribution is -2.48. The van der Waals surface area contributed by atoms with Crippen molar-refractivity contribution in [3.05, 3.63) is 63.3 Å². The van der Waals surface area contributed by atoms with Gasteiger partial charge in [0.1, 0.15) is 10.1 Å². The molecule has 2 aliphatic rings. The molecular weight excluding hydrogens is 433 g/mol. The van der Waals surface area contributed by atoms with E-state index in [1.54, 1.807) is 6.07 Å². The molecule has 152 valence electrons. The minimum atomic E-state index is -0.528. The number of likely N-dealkylation sites (tertiary alicyclic amines) is 1. The molecule has 2 aliphatic heterocycles. The van der Waals surface area contributed by atoms with E-state index in [1.165, 1.54) is 30.0 Å². The summed E-state index contributed by atoms with van der Waals surface area (Å²) in [7, 11) is 0. The summed E-state index contributed by atoms with van der Waals surface area (Å²) in [6.45, 7) is 2.25. The number of thiocarbonyl (C=S) groups is 1. The molecule has 0 aliphatic carbocycles. The van der Waals surface area contributed by atoms with Crippen LogP contribution < -0.4 is 10.9 Å². The summed E-state index contributed by atoms with van der Waals surface area (Å²) in [4.78, 5) is 26.5. The Labute approximate surface area is 182 Å². The Morgan fingerprint density at radius 3 is 2.90 bits per heavy atom. The highest BCUT2D eigenvalue weighted by atomic mass is 35.5. The van der Waals surface area contributed by atoms with Gasteiger partial charge in [-0.2, -0.15) is 0 Å². The molecule has 2 atom stereocenters. The first kappa shape index (κ1) is 20.4. The summed E-state index contributed by atoms with van der Waals surface area (Å²) in [5.74, 6) is 0.0458. The largest absolute Gasteiger partial charge is 0.356 e. The van der Waals surface area contributed by atoms with Gasteiger partial charge in [0.25, 0.3) is 5.56 Å². The number of nitrogens with one attached hydrogen (secondary N) is 1. The highest BCUT2D eigenvalue weighted by molar-refractivity contribution is 8.23. The Bertz CT molecular complexity index is 1030. The van der Waals surface area contributed by atoms with Gasteiger partial charge in [-0.15, -0.1) is 0 Å². The van der Waals surface area contributed by atoms with E-state index in [9.17, 15) is 14.0 Å². The first-order valence-electron chi connectivity index (χ1n) is 9.27. The topological polar surface area (TPSA) is 54.3 Å². The van der Waals surface area contributed by atoms with Crippen LogP contribution in [0.5, 0.6) is 0 Å². The van der Waals surface area contributed by atoms with Crippen LogP contribution in [0.25, 0.3) is 0 Å². The molecule has 4 rings (SSSR count). The highest BCUT2D eigenvalue weighted by Gasteiger charge is 2.35. The third-order valence-electron chi connectivity index (χ3n) is 5.27. The predicted molar refractivity (Wildman–Crippen MR) is 118 cm³/mol. The lowest BCUT2D eigenvalue weighted by atomic mass is 9.83. The van der Waals surface area contributed by atoms with Crippen LogP contribution in [0.2, 0.25) is 5.02 Å². The molecule has 5 nitrogen and oxygen atoms in total. The molecule has 0 spiro atoms. The molecule has 1 fully saturated rings. The average Bonchev–Trinajstić information content (AvgIpc) is 2.69. The maximum absolute atomic E-state index is 13.2. The molecule has 2 aromatic rings. The predicted octanol–water partition coefficient (Wildman–Crippen LogP) is 3.72. The van der Waals surface area contributed by atoms with Crippen molar-refractivity contribution in [1.29, 1.82) is 0 Å². The number of amides is 1. The number of rotatable bonds is 3. The van der Waals surface area contributed by atoms with E-state index in [4.69, 9.17) is 23.8 Å². The number of carbonyl (C=O) groups is 1. The van der Waals surface area contributed by atoms with Crippen LogP contribution in [-0.4, -0.2) is 38.5 Å². The number of aromatic nitrogens is 1. The van der Waals surface area contributed by atoms with Gasteiger partial charge in [-0.3, -0.25) is 9.59 Å². The molecule has 0 saturated carbocycles. The van der Waals surface area contributed by atoms with Crippen LogP contribution in [0.1, 0.15) is 18.0 Å². The van der Waals surface area contributed by atoms with Crippen molar-refractivity contribution in [1.82, 2.24) is 9.47 Å². The SMILES string of the molecule is O=C(CSC(=S)N1C[C@H]2C[C@@H](C1)c1cccc(=O)n1C2)Nc1ccc(F)c(Cl)c1. The Hall–Kier alpha value is -1.90.